The molecular formula is C16H16INO2S. The van der Waals surface area contributed by atoms with Crippen LogP contribution in [-0.2, 0) is 0 Å². The van der Waals surface area contributed by atoms with Gasteiger partial charge in [0, 0.05) is 28.0 Å². The lowest BCUT2D eigenvalue weighted by Gasteiger charge is -2.20. The van der Waals surface area contributed by atoms with Gasteiger partial charge in [-0.2, -0.15) is 0 Å². The fourth-order valence-electron chi connectivity index (χ4n) is 2.48. The topological polar surface area (TPSA) is 33.5 Å². The average molecular weight is 413 g/mol. The van der Waals surface area contributed by atoms with E-state index in [1.807, 2.05) is 53.1 Å². The van der Waals surface area contributed by atoms with E-state index in [2.05, 4.69) is 22.6 Å². The molecule has 1 aromatic heterocycles. The minimum Gasteiger partial charge on any atom is -0.468 e. The van der Waals surface area contributed by atoms with Gasteiger partial charge in [-0.1, -0.05) is 6.07 Å². The normalized spacial score (nSPS) is 19.3. The molecule has 1 amide bonds. The van der Waals surface area contributed by atoms with Crippen molar-refractivity contribution in [2.24, 2.45) is 0 Å². The summed E-state index contributed by atoms with van der Waals surface area (Å²) in [7, 11) is 0. The van der Waals surface area contributed by atoms with Crippen molar-refractivity contribution in [1.29, 1.82) is 0 Å². The van der Waals surface area contributed by atoms with Gasteiger partial charge < -0.3 is 9.32 Å². The first-order valence-electron chi connectivity index (χ1n) is 6.94. The molecule has 0 spiro atoms. The number of carbonyl (C=O) groups excluding carboxylic acids is 1. The van der Waals surface area contributed by atoms with Crippen molar-refractivity contribution in [3.8, 4) is 0 Å². The Balaban J connectivity index is 1.69. The van der Waals surface area contributed by atoms with Crippen LogP contribution in [0.1, 0.15) is 27.8 Å². The molecule has 1 aliphatic heterocycles. The molecule has 3 nitrogen and oxygen atoms in total. The van der Waals surface area contributed by atoms with Crippen LogP contribution in [0, 0.1) is 3.57 Å². The Labute approximate surface area is 142 Å². The van der Waals surface area contributed by atoms with Gasteiger partial charge >= 0.3 is 0 Å². The number of nitrogens with zero attached hydrogens (tertiary/aromatic N) is 1. The quantitative estimate of drug-likeness (QED) is 0.692. The highest BCUT2D eigenvalue weighted by Gasteiger charge is 2.24. The third-order valence-electron chi connectivity index (χ3n) is 3.56. The number of amides is 1. The highest BCUT2D eigenvalue weighted by molar-refractivity contribution is 14.1. The van der Waals surface area contributed by atoms with Gasteiger partial charge in [-0.15, -0.1) is 11.8 Å². The molecule has 0 radical (unpaired) electrons. The smallest absolute Gasteiger partial charge is 0.253 e. The monoisotopic (exact) mass is 413 g/mol. The molecule has 5 heteroatoms. The van der Waals surface area contributed by atoms with Crippen molar-refractivity contribution in [2.45, 2.75) is 11.7 Å². The predicted molar refractivity (Wildman–Crippen MR) is 93.6 cm³/mol. The Hall–Kier alpha value is -0.950. The molecule has 1 unspecified atom stereocenters. The molecule has 1 atom stereocenters. The van der Waals surface area contributed by atoms with E-state index in [0.29, 0.717) is 5.25 Å². The first kappa shape index (κ1) is 15.0. The van der Waals surface area contributed by atoms with Crippen LogP contribution in [0.25, 0.3) is 0 Å². The molecule has 1 aliphatic rings. The summed E-state index contributed by atoms with van der Waals surface area (Å²) in [6.07, 6.45) is 2.66. The summed E-state index contributed by atoms with van der Waals surface area (Å²) in [6, 6.07) is 11.7. The van der Waals surface area contributed by atoms with Crippen LogP contribution in [0.3, 0.4) is 0 Å². The summed E-state index contributed by atoms with van der Waals surface area (Å²) in [5, 5.41) is 0.355. The average Bonchev–Trinajstić information content (AvgIpc) is 2.91. The number of rotatable bonds is 2. The second-order valence-electron chi connectivity index (χ2n) is 4.97. The van der Waals surface area contributed by atoms with E-state index in [9.17, 15) is 4.79 Å². The minimum atomic E-state index is 0.134. The lowest BCUT2D eigenvalue weighted by molar-refractivity contribution is 0.0766. The first-order valence-corrected chi connectivity index (χ1v) is 9.06. The Kier molecular flexibility index (Phi) is 4.90. The number of carbonyl (C=O) groups is 1. The molecule has 21 heavy (non-hydrogen) atoms. The zero-order valence-corrected chi connectivity index (χ0v) is 14.5. The molecule has 0 aliphatic carbocycles. The molecule has 2 heterocycles. The predicted octanol–water partition coefficient (Wildman–Crippen LogP) is 4.20. The zero-order valence-electron chi connectivity index (χ0n) is 11.5. The molecular weight excluding hydrogens is 397 g/mol. The summed E-state index contributed by atoms with van der Waals surface area (Å²) in [5.74, 6) is 2.10. The van der Waals surface area contributed by atoms with E-state index in [-0.39, 0.29) is 5.91 Å². The molecule has 0 bridgehead atoms. The van der Waals surface area contributed by atoms with Gasteiger partial charge in [0.25, 0.3) is 5.91 Å². The van der Waals surface area contributed by atoms with Crippen LogP contribution in [-0.4, -0.2) is 29.6 Å². The summed E-state index contributed by atoms with van der Waals surface area (Å²) in [6.45, 7) is 1.58. The standard InChI is InChI=1S/C16H16INO2S/c17-13-4-1-3-12(11-13)16(19)18-7-6-15(21-10-8-18)14-5-2-9-20-14/h1-5,9,11,15H,6-8,10H2. The number of hydrogen-bond acceptors (Lipinski definition) is 3. The molecule has 110 valence electrons. The number of furan rings is 1. The van der Waals surface area contributed by atoms with Crippen LogP contribution in [0.4, 0.5) is 0 Å². The maximum Gasteiger partial charge on any atom is 0.253 e. The summed E-state index contributed by atoms with van der Waals surface area (Å²) >= 11 is 4.11. The van der Waals surface area contributed by atoms with Crippen LogP contribution < -0.4 is 0 Å². The van der Waals surface area contributed by atoms with Gasteiger partial charge in [-0.25, -0.2) is 0 Å². The minimum absolute atomic E-state index is 0.134. The van der Waals surface area contributed by atoms with E-state index in [0.717, 1.165) is 40.2 Å². The molecule has 0 saturated carbocycles. The SMILES string of the molecule is O=C(c1cccc(I)c1)N1CCSC(c2ccco2)CC1. The summed E-state index contributed by atoms with van der Waals surface area (Å²) in [5.41, 5.74) is 0.781. The van der Waals surface area contributed by atoms with E-state index < -0.39 is 0 Å². The van der Waals surface area contributed by atoms with Crippen molar-refractivity contribution in [3.05, 3.63) is 57.6 Å². The van der Waals surface area contributed by atoms with Crippen molar-refractivity contribution in [3.63, 3.8) is 0 Å². The second kappa shape index (κ2) is 6.87. The van der Waals surface area contributed by atoms with Crippen molar-refractivity contribution in [2.75, 3.05) is 18.8 Å². The van der Waals surface area contributed by atoms with Gasteiger partial charge in [-0.05, 0) is 59.3 Å². The number of benzene rings is 1. The molecule has 3 rings (SSSR count). The maximum atomic E-state index is 12.6. The van der Waals surface area contributed by atoms with Crippen molar-refractivity contribution in [1.82, 2.24) is 4.90 Å². The largest absolute Gasteiger partial charge is 0.468 e. The Morgan fingerprint density at radius 3 is 2.95 bits per heavy atom. The maximum absolute atomic E-state index is 12.6. The number of halogens is 1. The van der Waals surface area contributed by atoms with Crippen molar-refractivity contribution >= 4 is 40.3 Å². The van der Waals surface area contributed by atoms with Gasteiger partial charge in [0.2, 0.25) is 0 Å². The summed E-state index contributed by atoms with van der Waals surface area (Å²) in [4.78, 5) is 14.5. The Morgan fingerprint density at radius 2 is 2.19 bits per heavy atom. The third kappa shape index (κ3) is 3.63. The van der Waals surface area contributed by atoms with Gasteiger partial charge in [0.15, 0.2) is 0 Å². The Morgan fingerprint density at radius 1 is 1.29 bits per heavy atom. The highest BCUT2D eigenvalue weighted by atomic mass is 127. The molecule has 0 N–H and O–H groups in total. The lowest BCUT2D eigenvalue weighted by Crippen LogP contribution is -2.33. The number of thioether (sulfide) groups is 1. The molecule has 1 aromatic carbocycles. The van der Waals surface area contributed by atoms with Gasteiger partial charge in [0.1, 0.15) is 5.76 Å². The highest BCUT2D eigenvalue weighted by Crippen LogP contribution is 2.34. The van der Waals surface area contributed by atoms with Crippen LogP contribution >= 0.6 is 34.4 Å². The van der Waals surface area contributed by atoms with Crippen LogP contribution in [0.5, 0.6) is 0 Å². The second-order valence-corrected chi connectivity index (χ2v) is 7.52. The van der Waals surface area contributed by atoms with E-state index in [4.69, 9.17) is 4.42 Å². The van der Waals surface area contributed by atoms with Gasteiger partial charge in [-0.3, -0.25) is 4.79 Å². The van der Waals surface area contributed by atoms with E-state index in [1.165, 1.54) is 0 Å². The molecule has 2 aromatic rings. The van der Waals surface area contributed by atoms with Crippen molar-refractivity contribution < 1.29 is 9.21 Å². The van der Waals surface area contributed by atoms with Gasteiger partial charge in [0.05, 0.1) is 11.5 Å². The van der Waals surface area contributed by atoms with E-state index in [1.54, 1.807) is 6.26 Å². The summed E-state index contributed by atoms with van der Waals surface area (Å²) < 4.78 is 6.59. The fraction of sp³-hybridized carbons (Fsp3) is 0.312. The first-order chi connectivity index (χ1) is 10.2. The van der Waals surface area contributed by atoms with E-state index >= 15 is 0 Å². The number of hydrogen-bond donors (Lipinski definition) is 0. The molecule has 1 saturated heterocycles. The fourth-order valence-corrected chi connectivity index (χ4v) is 4.20. The van der Waals surface area contributed by atoms with Crippen LogP contribution in [0.2, 0.25) is 0 Å². The van der Waals surface area contributed by atoms with Crippen LogP contribution in [0.15, 0.2) is 47.1 Å². The third-order valence-corrected chi connectivity index (χ3v) is 5.52. The lowest BCUT2D eigenvalue weighted by atomic mass is 10.2. The zero-order chi connectivity index (χ0) is 14.7. The Bertz CT molecular complexity index is 614. The molecule has 1 fully saturated rings.